The highest BCUT2D eigenvalue weighted by atomic mass is 35.5. The molecule has 0 saturated carbocycles. The third kappa shape index (κ3) is 7.56. The van der Waals surface area contributed by atoms with Crippen molar-refractivity contribution in [3.05, 3.63) is 93.5 Å². The van der Waals surface area contributed by atoms with Gasteiger partial charge in [-0.3, -0.25) is 13.9 Å². The van der Waals surface area contributed by atoms with E-state index in [9.17, 15) is 18.0 Å². The molecule has 10 heteroatoms. The third-order valence-electron chi connectivity index (χ3n) is 6.80. The van der Waals surface area contributed by atoms with Crippen LogP contribution in [-0.2, 0) is 26.2 Å². The van der Waals surface area contributed by atoms with Gasteiger partial charge in [0.2, 0.25) is 11.8 Å². The Morgan fingerprint density at radius 3 is 2.17 bits per heavy atom. The first kappa shape index (κ1) is 31.5. The maximum absolute atomic E-state index is 14.0. The molecule has 0 unspecified atom stereocenters. The van der Waals surface area contributed by atoms with E-state index in [2.05, 4.69) is 5.32 Å². The van der Waals surface area contributed by atoms with Crippen molar-refractivity contribution in [1.29, 1.82) is 0 Å². The number of benzene rings is 3. The average Bonchev–Trinajstić information content (AvgIpc) is 2.92. The molecule has 214 valence electrons. The third-order valence-corrected chi connectivity index (χ3v) is 9.36. The van der Waals surface area contributed by atoms with Gasteiger partial charge in [-0.05, 0) is 75.6 Å². The minimum Gasteiger partial charge on any atom is -0.352 e. The fourth-order valence-electron chi connectivity index (χ4n) is 3.96. The van der Waals surface area contributed by atoms with Gasteiger partial charge in [0.15, 0.2) is 0 Å². The number of amides is 2. The van der Waals surface area contributed by atoms with Crippen molar-refractivity contribution in [3.63, 3.8) is 0 Å². The van der Waals surface area contributed by atoms with E-state index in [1.54, 1.807) is 62.4 Å². The molecule has 2 atom stereocenters. The molecule has 0 heterocycles. The van der Waals surface area contributed by atoms with Gasteiger partial charge in [0.1, 0.15) is 12.6 Å². The molecular weight excluding hydrogens is 569 g/mol. The number of anilines is 1. The van der Waals surface area contributed by atoms with E-state index in [-0.39, 0.29) is 29.1 Å². The van der Waals surface area contributed by atoms with E-state index < -0.39 is 28.5 Å². The first-order valence-electron chi connectivity index (χ1n) is 13.0. The van der Waals surface area contributed by atoms with Crippen molar-refractivity contribution < 1.29 is 18.0 Å². The van der Waals surface area contributed by atoms with E-state index in [4.69, 9.17) is 23.2 Å². The summed E-state index contributed by atoms with van der Waals surface area (Å²) in [6.07, 6.45) is 0.716. The fraction of sp³-hybridized carbons (Fsp3) is 0.333. The van der Waals surface area contributed by atoms with Gasteiger partial charge in [0.25, 0.3) is 10.0 Å². The second kappa shape index (κ2) is 13.5. The molecule has 0 bridgehead atoms. The van der Waals surface area contributed by atoms with Crippen LogP contribution in [-0.4, -0.2) is 43.8 Å². The predicted octanol–water partition coefficient (Wildman–Crippen LogP) is 6.14. The van der Waals surface area contributed by atoms with Gasteiger partial charge in [0.05, 0.1) is 10.6 Å². The normalized spacial score (nSPS) is 12.9. The minimum absolute atomic E-state index is 0.0146. The van der Waals surface area contributed by atoms with Crippen molar-refractivity contribution in [1.82, 2.24) is 10.2 Å². The van der Waals surface area contributed by atoms with Crippen LogP contribution in [0, 0.1) is 13.8 Å². The van der Waals surface area contributed by atoms with E-state index in [0.717, 1.165) is 15.4 Å². The monoisotopic (exact) mass is 603 g/mol. The lowest BCUT2D eigenvalue weighted by atomic mass is 10.1. The Morgan fingerprint density at radius 1 is 0.925 bits per heavy atom. The number of aryl methyl sites for hydroxylation is 2. The molecule has 0 aliphatic rings. The molecule has 7 nitrogen and oxygen atoms in total. The van der Waals surface area contributed by atoms with Crippen molar-refractivity contribution in [2.45, 2.75) is 64.6 Å². The number of nitrogens with one attached hydrogen (secondary N) is 1. The lowest BCUT2D eigenvalue weighted by Crippen LogP contribution is -2.52. The molecule has 3 rings (SSSR count). The molecule has 0 fully saturated rings. The van der Waals surface area contributed by atoms with E-state index in [1.807, 2.05) is 20.8 Å². The number of hydrogen-bond acceptors (Lipinski definition) is 4. The largest absolute Gasteiger partial charge is 0.352 e. The summed E-state index contributed by atoms with van der Waals surface area (Å²) in [6, 6.07) is 17.3. The van der Waals surface area contributed by atoms with Crippen LogP contribution in [0.25, 0.3) is 0 Å². The number of halogens is 2. The Balaban J connectivity index is 2.06. The van der Waals surface area contributed by atoms with E-state index in [0.29, 0.717) is 22.0 Å². The summed E-state index contributed by atoms with van der Waals surface area (Å²) in [5.41, 5.74) is 2.53. The molecule has 0 spiro atoms. The second-order valence-electron chi connectivity index (χ2n) is 9.87. The predicted molar refractivity (Wildman–Crippen MR) is 161 cm³/mol. The number of rotatable bonds is 11. The number of hydrogen-bond donors (Lipinski definition) is 1. The summed E-state index contributed by atoms with van der Waals surface area (Å²) in [7, 11) is -4.18. The minimum atomic E-state index is -4.18. The smallest absolute Gasteiger partial charge is 0.264 e. The van der Waals surface area contributed by atoms with Gasteiger partial charge in [-0.2, -0.15) is 0 Å². The zero-order valence-corrected chi connectivity index (χ0v) is 25.6. The van der Waals surface area contributed by atoms with Crippen molar-refractivity contribution in [3.8, 4) is 0 Å². The first-order chi connectivity index (χ1) is 18.8. The van der Waals surface area contributed by atoms with Crippen molar-refractivity contribution in [2.24, 2.45) is 0 Å². The van der Waals surface area contributed by atoms with Gasteiger partial charge in [-0.1, -0.05) is 72.1 Å². The summed E-state index contributed by atoms with van der Waals surface area (Å²) in [4.78, 5) is 28.5. The van der Waals surface area contributed by atoms with Crippen LogP contribution in [0.15, 0.2) is 71.6 Å². The number of carbonyl (C=O) groups is 2. The van der Waals surface area contributed by atoms with E-state index >= 15 is 0 Å². The molecule has 40 heavy (non-hydrogen) atoms. The molecule has 2 amide bonds. The standard InChI is InChI=1S/C30H35Cl2N3O4S/c1-6-22(4)33-30(37)23(5)34(18-24-9-7-8-10-27(24)31)29(36)19-35(25-14-13-21(3)28(32)17-25)40(38,39)26-15-11-20(2)12-16-26/h7-17,22-23H,6,18-19H2,1-5H3,(H,33,37)/t22-,23+/m0/s1. The molecule has 0 aliphatic heterocycles. The SMILES string of the molecule is CC[C@H](C)NC(=O)[C@@H](C)N(Cc1ccccc1Cl)C(=O)CN(c1ccc(C)c(Cl)c1)S(=O)(=O)c1ccc(C)cc1. The van der Waals surface area contributed by atoms with Crippen LogP contribution < -0.4 is 9.62 Å². The van der Waals surface area contributed by atoms with Crippen molar-refractivity contribution >= 4 is 50.7 Å². The van der Waals surface area contributed by atoms with Crippen LogP contribution >= 0.6 is 23.2 Å². The lowest BCUT2D eigenvalue weighted by molar-refractivity contribution is -0.139. The van der Waals surface area contributed by atoms with Gasteiger partial charge in [-0.15, -0.1) is 0 Å². The number of nitrogens with zero attached hydrogens (tertiary/aromatic N) is 2. The second-order valence-corrected chi connectivity index (χ2v) is 12.5. The summed E-state index contributed by atoms with van der Waals surface area (Å²) >= 11 is 12.8. The van der Waals surface area contributed by atoms with Gasteiger partial charge in [0, 0.05) is 22.6 Å². The average molecular weight is 605 g/mol. The summed E-state index contributed by atoms with van der Waals surface area (Å²) in [6.45, 7) is 8.56. The molecular formula is C30H35Cl2N3O4S. The highest BCUT2D eigenvalue weighted by Gasteiger charge is 2.33. The highest BCUT2D eigenvalue weighted by Crippen LogP contribution is 2.29. The number of carbonyl (C=O) groups excluding carboxylic acids is 2. The van der Waals surface area contributed by atoms with Crippen LogP contribution in [0.2, 0.25) is 10.0 Å². The number of sulfonamides is 1. The van der Waals surface area contributed by atoms with Crippen LogP contribution in [0.3, 0.4) is 0 Å². The first-order valence-corrected chi connectivity index (χ1v) is 15.2. The van der Waals surface area contributed by atoms with Crippen LogP contribution in [0.4, 0.5) is 5.69 Å². The van der Waals surface area contributed by atoms with Crippen LogP contribution in [0.5, 0.6) is 0 Å². The molecule has 1 N–H and O–H groups in total. The Morgan fingerprint density at radius 2 is 1.57 bits per heavy atom. The van der Waals surface area contributed by atoms with Gasteiger partial charge in [-0.25, -0.2) is 8.42 Å². The quantitative estimate of drug-likeness (QED) is 0.285. The highest BCUT2D eigenvalue weighted by molar-refractivity contribution is 7.92. The summed E-state index contributed by atoms with van der Waals surface area (Å²) < 4.78 is 28.9. The fourth-order valence-corrected chi connectivity index (χ4v) is 5.74. The molecule has 3 aromatic rings. The van der Waals surface area contributed by atoms with Crippen molar-refractivity contribution in [2.75, 3.05) is 10.8 Å². The molecule has 0 saturated heterocycles. The zero-order valence-electron chi connectivity index (χ0n) is 23.3. The Kier molecular flexibility index (Phi) is 10.6. The molecule has 0 radical (unpaired) electrons. The maximum atomic E-state index is 14.0. The zero-order chi connectivity index (χ0) is 29.6. The summed E-state index contributed by atoms with van der Waals surface area (Å²) in [5.74, 6) is -0.916. The topological polar surface area (TPSA) is 86.8 Å². The van der Waals surface area contributed by atoms with Gasteiger partial charge >= 0.3 is 0 Å². The Labute approximate surface area is 247 Å². The van der Waals surface area contributed by atoms with E-state index in [1.165, 1.54) is 23.1 Å². The Hall–Kier alpha value is -3.07. The van der Waals surface area contributed by atoms with Crippen LogP contribution in [0.1, 0.15) is 43.9 Å². The molecule has 0 aliphatic carbocycles. The molecule has 3 aromatic carbocycles. The Bertz CT molecular complexity index is 1460. The maximum Gasteiger partial charge on any atom is 0.264 e. The molecule has 0 aromatic heterocycles. The summed E-state index contributed by atoms with van der Waals surface area (Å²) in [5, 5.41) is 3.71. The lowest BCUT2D eigenvalue weighted by Gasteiger charge is -2.32. The van der Waals surface area contributed by atoms with Gasteiger partial charge < -0.3 is 10.2 Å².